The molecule has 1 atom stereocenters. The highest BCUT2D eigenvalue weighted by atomic mass is 16.5. The number of hydrogen-bond acceptors (Lipinski definition) is 6. The summed E-state index contributed by atoms with van der Waals surface area (Å²) in [5.41, 5.74) is 3.34. The van der Waals surface area contributed by atoms with E-state index in [1.165, 1.54) is 0 Å². The summed E-state index contributed by atoms with van der Waals surface area (Å²) in [5.74, 6) is -0.700. The van der Waals surface area contributed by atoms with Crippen molar-refractivity contribution in [3.63, 3.8) is 0 Å². The summed E-state index contributed by atoms with van der Waals surface area (Å²) in [6, 6.07) is 6.37. The highest BCUT2D eigenvalue weighted by Crippen LogP contribution is 2.37. The van der Waals surface area contributed by atoms with Gasteiger partial charge in [0.2, 0.25) is 0 Å². The lowest BCUT2D eigenvalue weighted by Gasteiger charge is -2.36. The van der Waals surface area contributed by atoms with Gasteiger partial charge in [-0.25, -0.2) is 4.79 Å². The van der Waals surface area contributed by atoms with Gasteiger partial charge in [0.15, 0.2) is 0 Å². The van der Waals surface area contributed by atoms with Crippen LogP contribution in [0.1, 0.15) is 69.2 Å². The van der Waals surface area contributed by atoms with Gasteiger partial charge in [-0.05, 0) is 55.4 Å². The molecule has 2 aliphatic rings. The summed E-state index contributed by atoms with van der Waals surface area (Å²) in [4.78, 5) is 37.2. The molecule has 1 fully saturated rings. The van der Waals surface area contributed by atoms with Crippen molar-refractivity contribution in [3.8, 4) is 0 Å². The fourth-order valence-corrected chi connectivity index (χ4v) is 4.87. The van der Waals surface area contributed by atoms with Crippen LogP contribution in [0.2, 0.25) is 0 Å². The van der Waals surface area contributed by atoms with Crippen LogP contribution in [-0.4, -0.2) is 61.0 Å². The smallest absolute Gasteiger partial charge is 0.338 e. The molecule has 2 N–H and O–H groups in total. The van der Waals surface area contributed by atoms with Gasteiger partial charge in [-0.3, -0.25) is 14.3 Å². The number of esters is 1. The monoisotopic (exact) mass is 482 g/mol. The molecule has 2 aromatic rings. The highest BCUT2D eigenvalue weighted by Gasteiger charge is 2.39. The number of ether oxygens (including phenoxy) is 2. The maximum absolute atomic E-state index is 13.0. The molecule has 1 aromatic carbocycles. The topological polar surface area (TPSA) is 112 Å². The molecular weight excluding hydrogens is 448 g/mol. The third-order valence-corrected chi connectivity index (χ3v) is 7.01. The Morgan fingerprint density at radius 3 is 2.57 bits per heavy atom. The summed E-state index contributed by atoms with van der Waals surface area (Å²) < 4.78 is 13.1. The van der Waals surface area contributed by atoms with Gasteiger partial charge in [0.1, 0.15) is 0 Å². The molecule has 0 saturated carbocycles. The van der Waals surface area contributed by atoms with Crippen LogP contribution in [0.25, 0.3) is 0 Å². The van der Waals surface area contributed by atoms with E-state index in [9.17, 15) is 14.4 Å². The number of nitrogens with zero attached hydrogens (tertiary/aromatic N) is 2. The fraction of sp³-hybridized carbons (Fsp3) is 0.538. The predicted molar refractivity (Wildman–Crippen MR) is 129 cm³/mol. The van der Waals surface area contributed by atoms with Crippen LogP contribution in [0.5, 0.6) is 0 Å². The van der Waals surface area contributed by atoms with Crippen LogP contribution >= 0.6 is 0 Å². The lowest BCUT2D eigenvalue weighted by Crippen LogP contribution is -2.41. The van der Waals surface area contributed by atoms with Crippen molar-refractivity contribution in [3.05, 3.63) is 52.3 Å². The van der Waals surface area contributed by atoms with Crippen molar-refractivity contribution >= 4 is 17.8 Å². The Bertz CT molecular complexity index is 1090. The van der Waals surface area contributed by atoms with Gasteiger partial charge in [-0.15, -0.1) is 0 Å². The molecular formula is C26H34N4O5. The third-order valence-electron chi connectivity index (χ3n) is 7.01. The maximum atomic E-state index is 13.0. The first-order valence-corrected chi connectivity index (χ1v) is 12.3. The van der Waals surface area contributed by atoms with Crippen LogP contribution in [-0.2, 0) is 28.9 Å². The van der Waals surface area contributed by atoms with E-state index in [2.05, 4.69) is 10.6 Å². The van der Waals surface area contributed by atoms with Gasteiger partial charge in [-0.2, -0.15) is 5.10 Å². The standard InChI is InChI=1S/C26H34N4O5/c1-4-20-22-21(13-26(16-28-24(22)32)9-11-34-12-10-26)30(29-20)14-17(2)15-35-25(33)19-7-5-18(6-8-19)23(31)27-3/h5-8,17H,4,9-16H2,1-3H3,(H,27,31)(H,28,32). The first-order chi connectivity index (χ1) is 16.9. The van der Waals surface area contributed by atoms with Crippen molar-refractivity contribution in [2.45, 2.75) is 46.1 Å². The normalized spacial score (nSPS) is 17.7. The zero-order valence-electron chi connectivity index (χ0n) is 20.7. The molecule has 0 radical (unpaired) electrons. The number of carbonyl (C=O) groups excluding carboxylic acids is 3. The highest BCUT2D eigenvalue weighted by molar-refractivity contribution is 5.97. The van der Waals surface area contributed by atoms with E-state index in [1.54, 1.807) is 31.3 Å². The largest absolute Gasteiger partial charge is 0.462 e. The Morgan fingerprint density at radius 1 is 1.23 bits per heavy atom. The van der Waals surface area contributed by atoms with Gasteiger partial charge in [0, 0.05) is 44.8 Å². The van der Waals surface area contributed by atoms with E-state index in [0.717, 1.165) is 30.7 Å². The molecule has 2 amide bonds. The summed E-state index contributed by atoms with van der Waals surface area (Å²) >= 11 is 0. The van der Waals surface area contributed by atoms with Crippen LogP contribution in [0, 0.1) is 11.3 Å². The Morgan fingerprint density at radius 2 is 1.91 bits per heavy atom. The molecule has 4 rings (SSSR count). The third kappa shape index (κ3) is 5.40. The first kappa shape index (κ1) is 24.9. The number of aryl methyl sites for hydroxylation is 1. The number of hydrogen-bond donors (Lipinski definition) is 2. The van der Waals surface area contributed by atoms with Gasteiger partial charge < -0.3 is 20.1 Å². The van der Waals surface area contributed by atoms with E-state index in [4.69, 9.17) is 14.6 Å². The Kier molecular flexibility index (Phi) is 7.54. The Hall–Kier alpha value is -3.20. The molecule has 35 heavy (non-hydrogen) atoms. The van der Waals surface area contributed by atoms with Crippen LogP contribution in [0.3, 0.4) is 0 Å². The molecule has 188 valence electrons. The predicted octanol–water partition coefficient (Wildman–Crippen LogP) is 2.38. The van der Waals surface area contributed by atoms with Crippen LogP contribution < -0.4 is 10.6 Å². The number of amides is 2. The van der Waals surface area contributed by atoms with E-state index in [-0.39, 0.29) is 29.8 Å². The second kappa shape index (κ2) is 10.6. The minimum Gasteiger partial charge on any atom is -0.462 e. The number of nitrogens with one attached hydrogen (secondary N) is 2. The van der Waals surface area contributed by atoms with Crippen LogP contribution in [0.15, 0.2) is 24.3 Å². The fourth-order valence-electron chi connectivity index (χ4n) is 4.87. The molecule has 1 spiro atoms. The summed E-state index contributed by atoms with van der Waals surface area (Å²) in [7, 11) is 1.56. The number of aromatic nitrogens is 2. The second-order valence-corrected chi connectivity index (χ2v) is 9.64. The van der Waals surface area contributed by atoms with E-state index < -0.39 is 5.97 Å². The van der Waals surface area contributed by atoms with Gasteiger partial charge in [0.05, 0.1) is 29.1 Å². The van der Waals surface area contributed by atoms with Crippen molar-refractivity contribution in [2.24, 2.45) is 11.3 Å². The maximum Gasteiger partial charge on any atom is 0.338 e. The summed E-state index contributed by atoms with van der Waals surface area (Å²) in [5, 5.41) is 10.5. The molecule has 9 nitrogen and oxygen atoms in total. The van der Waals surface area contributed by atoms with E-state index in [0.29, 0.717) is 49.4 Å². The average Bonchev–Trinajstić information content (AvgIpc) is 3.15. The quantitative estimate of drug-likeness (QED) is 0.586. The Balaban J connectivity index is 1.45. The van der Waals surface area contributed by atoms with E-state index >= 15 is 0 Å². The summed E-state index contributed by atoms with van der Waals surface area (Å²) in [6.45, 7) is 6.84. The molecule has 1 aromatic heterocycles. The lowest BCUT2D eigenvalue weighted by molar-refractivity contribution is 0.0151. The molecule has 0 bridgehead atoms. The molecule has 3 heterocycles. The van der Waals surface area contributed by atoms with Gasteiger partial charge in [-0.1, -0.05) is 13.8 Å². The summed E-state index contributed by atoms with van der Waals surface area (Å²) in [6.07, 6.45) is 3.27. The first-order valence-electron chi connectivity index (χ1n) is 12.3. The second-order valence-electron chi connectivity index (χ2n) is 9.64. The SMILES string of the molecule is CCc1nn(CC(C)COC(=O)c2ccc(C(=O)NC)cc2)c2c1C(=O)NCC1(CCOCC1)C2. The van der Waals surface area contributed by atoms with Crippen molar-refractivity contribution in [1.82, 2.24) is 20.4 Å². The van der Waals surface area contributed by atoms with E-state index in [1.807, 2.05) is 18.5 Å². The minimum atomic E-state index is -0.436. The number of benzene rings is 1. The molecule has 9 heteroatoms. The van der Waals surface area contributed by atoms with Crippen molar-refractivity contribution in [2.75, 3.05) is 33.4 Å². The minimum absolute atomic E-state index is 0.00486. The lowest BCUT2D eigenvalue weighted by atomic mass is 9.76. The van der Waals surface area contributed by atoms with Crippen LogP contribution in [0.4, 0.5) is 0 Å². The molecule has 2 aliphatic heterocycles. The van der Waals surface area contributed by atoms with Crippen molar-refractivity contribution < 1.29 is 23.9 Å². The van der Waals surface area contributed by atoms with Crippen molar-refractivity contribution in [1.29, 1.82) is 0 Å². The van der Waals surface area contributed by atoms with Gasteiger partial charge in [0.25, 0.3) is 11.8 Å². The zero-order chi connectivity index (χ0) is 25.0. The molecule has 0 aliphatic carbocycles. The number of rotatable bonds is 7. The Labute approximate surface area is 205 Å². The zero-order valence-corrected chi connectivity index (χ0v) is 20.7. The average molecular weight is 483 g/mol. The van der Waals surface area contributed by atoms with Gasteiger partial charge >= 0.3 is 5.97 Å². The number of carbonyl (C=O) groups is 3. The molecule has 1 unspecified atom stereocenters. The molecule has 1 saturated heterocycles. The number of fused-ring (bicyclic) bond motifs is 1.